The minimum absolute atomic E-state index is 0.284. The molecule has 2 N–H and O–H groups in total. The number of ether oxygens (including phenoxy) is 1. The predicted octanol–water partition coefficient (Wildman–Crippen LogP) is 0.828. The van der Waals surface area contributed by atoms with Crippen molar-refractivity contribution in [2.24, 2.45) is 0 Å². The van der Waals surface area contributed by atoms with Gasteiger partial charge in [0.05, 0.1) is 13.2 Å². The SMILES string of the molecule is O=C(O)c1cc2c([nH]1)CCOCC2. The van der Waals surface area contributed by atoms with Crippen LogP contribution in [0.2, 0.25) is 0 Å². The molecule has 4 heteroatoms. The van der Waals surface area contributed by atoms with Gasteiger partial charge in [-0.2, -0.15) is 0 Å². The molecule has 2 rings (SSSR count). The Morgan fingerprint density at radius 1 is 1.46 bits per heavy atom. The topological polar surface area (TPSA) is 62.3 Å². The highest BCUT2D eigenvalue weighted by atomic mass is 16.5. The summed E-state index contributed by atoms with van der Waals surface area (Å²) < 4.78 is 5.27. The zero-order chi connectivity index (χ0) is 9.26. The average molecular weight is 181 g/mol. The van der Waals surface area contributed by atoms with Gasteiger partial charge in [-0.3, -0.25) is 0 Å². The number of rotatable bonds is 1. The summed E-state index contributed by atoms with van der Waals surface area (Å²) in [5, 5.41) is 8.74. The molecule has 0 atom stereocenters. The molecule has 0 saturated heterocycles. The van der Waals surface area contributed by atoms with Crippen LogP contribution < -0.4 is 0 Å². The highest BCUT2D eigenvalue weighted by Crippen LogP contribution is 2.15. The fourth-order valence-electron chi connectivity index (χ4n) is 1.56. The first-order valence-electron chi connectivity index (χ1n) is 4.29. The molecule has 0 saturated carbocycles. The van der Waals surface area contributed by atoms with Gasteiger partial charge in [-0.25, -0.2) is 4.79 Å². The minimum atomic E-state index is -0.894. The molecule has 0 radical (unpaired) electrons. The Bertz CT molecular complexity index is 306. The molecule has 1 aromatic heterocycles. The lowest BCUT2D eigenvalue weighted by molar-refractivity contribution is 0.0690. The number of aromatic nitrogens is 1. The first-order valence-corrected chi connectivity index (χ1v) is 4.29. The van der Waals surface area contributed by atoms with Crippen LogP contribution in [0.15, 0.2) is 6.07 Å². The smallest absolute Gasteiger partial charge is 0.352 e. The van der Waals surface area contributed by atoms with E-state index in [0.717, 1.165) is 24.1 Å². The summed E-state index contributed by atoms with van der Waals surface area (Å²) >= 11 is 0. The Morgan fingerprint density at radius 2 is 2.23 bits per heavy atom. The highest BCUT2D eigenvalue weighted by Gasteiger charge is 2.14. The summed E-state index contributed by atoms with van der Waals surface area (Å²) in [5.41, 5.74) is 2.37. The van der Waals surface area contributed by atoms with Crippen molar-refractivity contribution in [1.29, 1.82) is 0 Å². The van der Waals surface area contributed by atoms with Crippen LogP contribution in [0.4, 0.5) is 0 Å². The molecular weight excluding hydrogens is 170 g/mol. The number of carboxylic acid groups (broad SMARTS) is 1. The van der Waals surface area contributed by atoms with Gasteiger partial charge in [-0.05, 0) is 18.1 Å². The van der Waals surface area contributed by atoms with E-state index in [1.54, 1.807) is 6.07 Å². The highest BCUT2D eigenvalue weighted by molar-refractivity contribution is 5.86. The quantitative estimate of drug-likeness (QED) is 0.674. The average Bonchev–Trinajstić information content (AvgIpc) is 2.38. The number of carboxylic acids is 1. The van der Waals surface area contributed by atoms with Crippen LogP contribution in [0.1, 0.15) is 21.7 Å². The van der Waals surface area contributed by atoms with Gasteiger partial charge in [0, 0.05) is 12.1 Å². The van der Waals surface area contributed by atoms with Crippen LogP contribution in [-0.2, 0) is 17.6 Å². The van der Waals surface area contributed by atoms with E-state index in [9.17, 15) is 4.79 Å². The van der Waals surface area contributed by atoms with Crippen molar-refractivity contribution in [3.63, 3.8) is 0 Å². The van der Waals surface area contributed by atoms with Crippen molar-refractivity contribution in [2.75, 3.05) is 13.2 Å². The van der Waals surface area contributed by atoms with Crippen molar-refractivity contribution in [1.82, 2.24) is 4.98 Å². The summed E-state index contributed by atoms with van der Waals surface area (Å²) in [5.74, 6) is -0.894. The lowest BCUT2D eigenvalue weighted by Gasteiger charge is -1.94. The molecule has 0 fully saturated rings. The summed E-state index contributed by atoms with van der Waals surface area (Å²) in [7, 11) is 0. The van der Waals surface area contributed by atoms with Crippen LogP contribution >= 0.6 is 0 Å². The van der Waals surface area contributed by atoms with E-state index in [0.29, 0.717) is 13.2 Å². The second-order valence-electron chi connectivity index (χ2n) is 3.10. The molecule has 0 bridgehead atoms. The fraction of sp³-hybridized carbons (Fsp3) is 0.444. The number of fused-ring (bicyclic) bond motifs is 1. The monoisotopic (exact) mass is 181 g/mol. The van der Waals surface area contributed by atoms with Gasteiger partial charge in [-0.1, -0.05) is 0 Å². The zero-order valence-electron chi connectivity index (χ0n) is 7.17. The molecule has 4 nitrogen and oxygen atoms in total. The third-order valence-corrected chi connectivity index (χ3v) is 2.23. The third kappa shape index (κ3) is 1.58. The molecular formula is C9H11NO3. The van der Waals surface area contributed by atoms with Crippen LogP contribution in [0, 0.1) is 0 Å². The van der Waals surface area contributed by atoms with Crippen LogP contribution in [0.3, 0.4) is 0 Å². The van der Waals surface area contributed by atoms with Crippen molar-refractivity contribution in [3.05, 3.63) is 23.0 Å². The van der Waals surface area contributed by atoms with E-state index in [4.69, 9.17) is 9.84 Å². The Labute approximate surface area is 75.5 Å². The van der Waals surface area contributed by atoms with E-state index < -0.39 is 5.97 Å². The van der Waals surface area contributed by atoms with E-state index in [1.807, 2.05) is 0 Å². The Balaban J connectivity index is 2.32. The van der Waals surface area contributed by atoms with Crippen molar-refractivity contribution in [3.8, 4) is 0 Å². The number of nitrogens with one attached hydrogen (secondary N) is 1. The second-order valence-corrected chi connectivity index (χ2v) is 3.10. The van der Waals surface area contributed by atoms with Crippen molar-refractivity contribution >= 4 is 5.97 Å². The summed E-state index contributed by atoms with van der Waals surface area (Å²) in [6.45, 7) is 1.36. The molecule has 2 heterocycles. The fourth-order valence-corrected chi connectivity index (χ4v) is 1.56. The molecule has 0 aliphatic carbocycles. The van der Waals surface area contributed by atoms with Crippen molar-refractivity contribution in [2.45, 2.75) is 12.8 Å². The molecule has 0 amide bonds. The molecule has 1 aliphatic rings. The number of hydrogen-bond acceptors (Lipinski definition) is 2. The van der Waals surface area contributed by atoms with Crippen LogP contribution in [0.25, 0.3) is 0 Å². The molecule has 1 aliphatic heterocycles. The standard InChI is InChI=1S/C9H11NO3/c11-9(12)8-5-6-1-3-13-4-2-7(6)10-8/h5,10H,1-4H2,(H,11,12). The number of carbonyl (C=O) groups is 1. The maximum atomic E-state index is 10.6. The van der Waals surface area contributed by atoms with Gasteiger partial charge >= 0.3 is 5.97 Å². The lowest BCUT2D eigenvalue weighted by Crippen LogP contribution is -1.99. The van der Waals surface area contributed by atoms with E-state index in [-0.39, 0.29) is 5.69 Å². The van der Waals surface area contributed by atoms with E-state index in [1.165, 1.54) is 0 Å². The molecule has 0 unspecified atom stereocenters. The van der Waals surface area contributed by atoms with E-state index >= 15 is 0 Å². The largest absolute Gasteiger partial charge is 0.477 e. The summed E-state index contributed by atoms with van der Waals surface area (Å²) in [4.78, 5) is 13.5. The van der Waals surface area contributed by atoms with Gasteiger partial charge in [0.15, 0.2) is 0 Å². The molecule has 13 heavy (non-hydrogen) atoms. The third-order valence-electron chi connectivity index (χ3n) is 2.23. The first kappa shape index (κ1) is 8.31. The molecule has 1 aromatic rings. The molecule has 0 aromatic carbocycles. The minimum Gasteiger partial charge on any atom is -0.477 e. The van der Waals surface area contributed by atoms with Gasteiger partial charge in [0.1, 0.15) is 5.69 Å². The number of aromatic amines is 1. The normalized spacial score (nSPS) is 16.3. The van der Waals surface area contributed by atoms with Crippen LogP contribution in [0.5, 0.6) is 0 Å². The van der Waals surface area contributed by atoms with E-state index in [2.05, 4.69) is 4.98 Å². The van der Waals surface area contributed by atoms with Crippen LogP contribution in [-0.4, -0.2) is 29.3 Å². The number of aromatic carboxylic acids is 1. The summed E-state index contributed by atoms with van der Waals surface area (Å²) in [6, 6.07) is 1.70. The van der Waals surface area contributed by atoms with Gasteiger partial charge < -0.3 is 14.8 Å². The number of H-pyrrole nitrogens is 1. The number of hydrogen-bond donors (Lipinski definition) is 2. The Morgan fingerprint density at radius 3 is 3.00 bits per heavy atom. The zero-order valence-corrected chi connectivity index (χ0v) is 7.17. The van der Waals surface area contributed by atoms with Gasteiger partial charge in [-0.15, -0.1) is 0 Å². The van der Waals surface area contributed by atoms with Crippen molar-refractivity contribution < 1.29 is 14.6 Å². The maximum Gasteiger partial charge on any atom is 0.352 e. The molecule has 70 valence electrons. The predicted molar refractivity (Wildman–Crippen MR) is 46.0 cm³/mol. The molecule has 0 spiro atoms. The van der Waals surface area contributed by atoms with Gasteiger partial charge in [0.25, 0.3) is 0 Å². The lowest BCUT2D eigenvalue weighted by atomic mass is 10.1. The summed E-state index contributed by atoms with van der Waals surface area (Å²) in [6.07, 6.45) is 1.59. The first-order chi connectivity index (χ1) is 6.27. The Kier molecular flexibility index (Phi) is 2.06. The maximum absolute atomic E-state index is 10.6. The Hall–Kier alpha value is -1.29. The van der Waals surface area contributed by atoms with Gasteiger partial charge in [0.2, 0.25) is 0 Å². The second kappa shape index (κ2) is 3.22.